The molecule has 0 bridgehead atoms. The van der Waals surface area contributed by atoms with Gasteiger partial charge in [-0.15, -0.1) is 0 Å². The third kappa shape index (κ3) is 41.4. The maximum Gasteiger partial charge on any atom is 0.306 e. The first-order chi connectivity index (χ1) is 25.5. The fraction of sp³-hybridized carbons (Fsp3) is 0.929. The van der Waals surface area contributed by atoms with Gasteiger partial charge in [0.2, 0.25) is 0 Å². The first-order valence-electron chi connectivity index (χ1n) is 21.3. The quantitative estimate of drug-likeness (QED) is 0.156. The van der Waals surface area contributed by atoms with Crippen LogP contribution < -0.4 is 0 Å². The average molecular weight is 885 g/mol. The molecule has 2 heterocycles. The third-order valence-corrected chi connectivity index (χ3v) is 10.4. The fourth-order valence-electron chi connectivity index (χ4n) is 5.58. The third-order valence-electron chi connectivity index (χ3n) is 10.4. The molecule has 2 aliphatic rings. The number of aliphatic carboxylic acids is 3. The number of carboxylic acids is 3. The molecule has 2 radical (unpaired) electrons. The van der Waals surface area contributed by atoms with E-state index in [1.54, 1.807) is 0 Å². The first kappa shape index (κ1) is 64.4. The second-order valence-corrected chi connectivity index (χ2v) is 15.6. The predicted octanol–water partition coefficient (Wildman–Crippen LogP) is 6.45. The minimum atomic E-state index is -0.643. The number of likely N-dealkylation sites (N-methyl/N-ethyl adjacent to an activating group) is 6. The van der Waals surface area contributed by atoms with Crippen molar-refractivity contribution in [2.45, 2.75) is 119 Å². The Kier molecular flexibility index (Phi) is 50.3. The van der Waals surface area contributed by atoms with Crippen molar-refractivity contribution in [2.24, 2.45) is 17.8 Å². The van der Waals surface area contributed by atoms with E-state index in [-0.39, 0.29) is 51.9 Å². The molecular weight excluding hydrogens is 794 g/mol. The second-order valence-electron chi connectivity index (χ2n) is 15.6. The summed E-state index contributed by atoms with van der Waals surface area (Å²) in [5.74, 6) is -2.26. The smallest absolute Gasteiger partial charge is 0.306 e. The number of carboxylic acid groups (broad SMARTS) is 3. The fourth-order valence-corrected chi connectivity index (χ4v) is 5.58. The Balaban J connectivity index is -0.000000193. The van der Waals surface area contributed by atoms with Crippen LogP contribution in [0.3, 0.4) is 0 Å². The molecule has 0 aromatic rings. The average Bonchev–Trinajstić information content (AvgIpc) is 3.25. The second kappa shape index (κ2) is 43.8. The molecule has 12 nitrogen and oxygen atoms in total. The molecule has 0 aliphatic carbocycles. The van der Waals surface area contributed by atoms with E-state index in [0.29, 0.717) is 0 Å². The van der Waals surface area contributed by atoms with Crippen LogP contribution >= 0.6 is 0 Å². The van der Waals surface area contributed by atoms with Crippen LogP contribution in [0.5, 0.6) is 0 Å². The van der Waals surface area contributed by atoms with E-state index >= 15 is 0 Å². The van der Waals surface area contributed by atoms with E-state index in [1.807, 2.05) is 20.8 Å². The van der Waals surface area contributed by atoms with Gasteiger partial charge in [-0.3, -0.25) is 14.4 Å². The predicted molar refractivity (Wildman–Crippen MR) is 228 cm³/mol. The van der Waals surface area contributed by atoms with Gasteiger partial charge in [0.05, 0.1) is 17.8 Å². The van der Waals surface area contributed by atoms with Gasteiger partial charge >= 0.3 is 17.9 Å². The number of nitrogens with zero attached hydrogens (tertiary/aromatic N) is 6. The van der Waals surface area contributed by atoms with Crippen molar-refractivity contribution in [3.63, 3.8) is 0 Å². The molecule has 3 atom stereocenters. The van der Waals surface area contributed by atoms with Crippen molar-refractivity contribution in [2.75, 3.05) is 121 Å². The zero-order valence-corrected chi connectivity index (χ0v) is 40.6. The molecular formula is C42H90Mn2N6O6. The van der Waals surface area contributed by atoms with Gasteiger partial charge in [-0.2, -0.15) is 0 Å². The van der Waals surface area contributed by atoms with Crippen molar-refractivity contribution in [1.82, 2.24) is 29.4 Å². The molecule has 338 valence electrons. The molecule has 2 fully saturated rings. The van der Waals surface area contributed by atoms with Crippen molar-refractivity contribution >= 4 is 17.9 Å². The van der Waals surface area contributed by atoms with Gasteiger partial charge in [0.15, 0.2) is 0 Å². The van der Waals surface area contributed by atoms with Crippen LogP contribution in [0.2, 0.25) is 0 Å². The molecule has 14 heteroatoms. The number of unbranched alkanes of at least 4 members (excludes halogenated alkanes) is 3. The van der Waals surface area contributed by atoms with Gasteiger partial charge in [0, 0.05) is 113 Å². The van der Waals surface area contributed by atoms with Gasteiger partial charge < -0.3 is 44.7 Å². The van der Waals surface area contributed by atoms with Gasteiger partial charge in [0.25, 0.3) is 0 Å². The molecule has 2 aliphatic heterocycles. The van der Waals surface area contributed by atoms with Gasteiger partial charge in [-0.25, -0.2) is 0 Å². The van der Waals surface area contributed by atoms with Crippen molar-refractivity contribution in [1.29, 1.82) is 0 Å². The zero-order valence-electron chi connectivity index (χ0n) is 38.2. The first-order valence-corrected chi connectivity index (χ1v) is 21.3. The van der Waals surface area contributed by atoms with Crippen LogP contribution in [-0.4, -0.2) is 183 Å². The van der Waals surface area contributed by atoms with Crippen LogP contribution in [0.15, 0.2) is 0 Å². The minimum Gasteiger partial charge on any atom is -0.481 e. The van der Waals surface area contributed by atoms with E-state index in [9.17, 15) is 14.4 Å². The van der Waals surface area contributed by atoms with Gasteiger partial charge in [-0.05, 0) is 80.8 Å². The molecule has 0 amide bonds. The number of hydrogen-bond donors (Lipinski definition) is 3. The normalized spacial score (nSPS) is 18.2. The van der Waals surface area contributed by atoms with Crippen molar-refractivity contribution < 1.29 is 63.8 Å². The number of carbonyl (C=O) groups is 3. The zero-order chi connectivity index (χ0) is 41.9. The Bertz CT molecular complexity index is 733. The van der Waals surface area contributed by atoms with E-state index in [4.69, 9.17) is 15.3 Å². The Hall–Kier alpha value is -0.791. The Morgan fingerprint density at radius 2 is 0.518 bits per heavy atom. The molecule has 0 spiro atoms. The van der Waals surface area contributed by atoms with E-state index < -0.39 is 17.9 Å². The standard InChI is InChI=1S/2C9H21N3.3C8H16O2.2Mn/c2*1-10-4-6-11(2)8-9-12(3)7-5-10;3*1-3-5-6-7(4-2)8(9)10;;/h2*4-9H2,1-3H3;3*7H,3-6H2,1-2H3,(H,9,10);;. The molecule has 0 saturated carbocycles. The minimum absolute atomic E-state index is 0. The van der Waals surface area contributed by atoms with E-state index in [1.165, 1.54) is 78.5 Å². The summed E-state index contributed by atoms with van der Waals surface area (Å²) in [4.78, 5) is 45.7. The Morgan fingerprint density at radius 3 is 0.607 bits per heavy atom. The molecule has 2 saturated heterocycles. The maximum atomic E-state index is 10.4. The summed E-state index contributed by atoms with van der Waals surface area (Å²) >= 11 is 0. The maximum absolute atomic E-state index is 10.4. The topological polar surface area (TPSA) is 131 Å². The number of rotatable bonds is 15. The van der Waals surface area contributed by atoms with Crippen LogP contribution in [0.1, 0.15) is 119 Å². The monoisotopic (exact) mass is 885 g/mol. The van der Waals surface area contributed by atoms with Crippen LogP contribution in [-0.2, 0) is 48.5 Å². The van der Waals surface area contributed by atoms with Crippen LogP contribution in [0.4, 0.5) is 0 Å². The summed E-state index contributed by atoms with van der Waals surface area (Å²) in [6.07, 6.45) is 11.1. The largest absolute Gasteiger partial charge is 0.481 e. The van der Waals surface area contributed by atoms with Gasteiger partial charge in [0.1, 0.15) is 0 Å². The van der Waals surface area contributed by atoms with Crippen molar-refractivity contribution in [3.05, 3.63) is 0 Å². The van der Waals surface area contributed by atoms with Gasteiger partial charge in [-0.1, -0.05) is 80.1 Å². The van der Waals surface area contributed by atoms with Crippen molar-refractivity contribution in [3.8, 4) is 0 Å². The Labute approximate surface area is 366 Å². The van der Waals surface area contributed by atoms with E-state index in [0.717, 1.165) is 77.0 Å². The summed E-state index contributed by atoms with van der Waals surface area (Å²) < 4.78 is 0. The molecule has 0 aromatic carbocycles. The molecule has 2 rings (SSSR count). The number of hydrogen-bond acceptors (Lipinski definition) is 9. The van der Waals surface area contributed by atoms with Crippen LogP contribution in [0.25, 0.3) is 0 Å². The molecule has 3 N–H and O–H groups in total. The summed E-state index contributed by atoms with van der Waals surface area (Å²) in [6, 6.07) is 0. The molecule has 3 unspecified atom stereocenters. The summed E-state index contributed by atoms with van der Waals surface area (Å²) in [6.45, 7) is 26.4. The van der Waals surface area contributed by atoms with E-state index in [2.05, 4.69) is 92.5 Å². The summed E-state index contributed by atoms with van der Waals surface area (Å²) in [7, 11) is 13.2. The molecule has 56 heavy (non-hydrogen) atoms. The summed E-state index contributed by atoms with van der Waals surface area (Å²) in [5.41, 5.74) is 0. The van der Waals surface area contributed by atoms with Crippen LogP contribution in [0, 0.1) is 17.8 Å². The SMILES string of the molecule is CCCCC(CC)C(=O)O.CCCCC(CC)C(=O)O.CCCCC(CC)C(=O)O.CN1CCN(C)CCN(C)CC1.CN1CCN(C)CCN(C)CC1.[Mn].[Mn]. The summed E-state index contributed by atoms with van der Waals surface area (Å²) in [5, 5.41) is 25.8. The Morgan fingerprint density at radius 1 is 0.375 bits per heavy atom. The molecule has 0 aromatic heterocycles.